The molecule has 17 heavy (non-hydrogen) atoms. The van der Waals surface area contributed by atoms with Crippen LogP contribution in [0.2, 0.25) is 0 Å². The van der Waals surface area contributed by atoms with Crippen molar-refractivity contribution < 1.29 is 14.6 Å². The molecular weight excluding hydrogens is 220 g/mol. The molecule has 1 heterocycles. The van der Waals surface area contributed by atoms with Crippen molar-refractivity contribution in [2.75, 3.05) is 26.2 Å². The van der Waals surface area contributed by atoms with Crippen LogP contribution in [-0.2, 0) is 9.53 Å². The van der Waals surface area contributed by atoms with Gasteiger partial charge < -0.3 is 14.7 Å². The van der Waals surface area contributed by atoms with Gasteiger partial charge in [-0.3, -0.25) is 4.79 Å². The van der Waals surface area contributed by atoms with Crippen LogP contribution in [0, 0.1) is 11.3 Å². The van der Waals surface area contributed by atoms with E-state index in [0.29, 0.717) is 13.0 Å². The molecule has 0 aromatic carbocycles. The highest BCUT2D eigenvalue weighted by Gasteiger charge is 2.19. The first kappa shape index (κ1) is 13.9. The standard InChI is InChI=1S/C12H20N2O3/c13-6-1-2-7-14-8-3-11(4-9-14)17-10-5-12(15)16/h11H,1-5,7-10H2,(H,15,16). The number of hydrogen-bond acceptors (Lipinski definition) is 4. The second-order valence-corrected chi connectivity index (χ2v) is 4.32. The lowest BCUT2D eigenvalue weighted by Crippen LogP contribution is -2.37. The fourth-order valence-corrected chi connectivity index (χ4v) is 1.99. The van der Waals surface area contributed by atoms with E-state index in [4.69, 9.17) is 15.1 Å². The number of hydrogen-bond donors (Lipinski definition) is 1. The first-order valence-corrected chi connectivity index (χ1v) is 6.15. The van der Waals surface area contributed by atoms with Gasteiger partial charge >= 0.3 is 5.97 Å². The van der Waals surface area contributed by atoms with Gasteiger partial charge in [-0.15, -0.1) is 0 Å². The second kappa shape index (κ2) is 8.04. The third-order valence-corrected chi connectivity index (χ3v) is 2.97. The van der Waals surface area contributed by atoms with Gasteiger partial charge in [0.05, 0.1) is 25.2 Å². The number of nitriles is 1. The van der Waals surface area contributed by atoms with Crippen LogP contribution in [0.5, 0.6) is 0 Å². The Kier molecular flexibility index (Phi) is 6.60. The Bertz CT molecular complexity index is 267. The number of carboxylic acid groups (broad SMARTS) is 1. The number of carboxylic acids is 1. The minimum absolute atomic E-state index is 0.0857. The van der Waals surface area contributed by atoms with Gasteiger partial charge in [-0.1, -0.05) is 0 Å². The van der Waals surface area contributed by atoms with Crippen molar-refractivity contribution >= 4 is 5.97 Å². The number of carbonyl (C=O) groups is 1. The summed E-state index contributed by atoms with van der Waals surface area (Å²) >= 11 is 0. The number of nitrogens with zero attached hydrogens (tertiary/aromatic N) is 2. The third-order valence-electron chi connectivity index (χ3n) is 2.97. The van der Waals surface area contributed by atoms with E-state index in [1.54, 1.807) is 0 Å². The summed E-state index contributed by atoms with van der Waals surface area (Å²) < 4.78 is 5.51. The maximum Gasteiger partial charge on any atom is 0.305 e. The van der Waals surface area contributed by atoms with E-state index in [2.05, 4.69) is 11.0 Å². The molecule has 0 aromatic heterocycles. The smallest absolute Gasteiger partial charge is 0.305 e. The molecule has 0 aliphatic carbocycles. The summed E-state index contributed by atoms with van der Waals surface area (Å²) in [7, 11) is 0. The molecule has 1 N–H and O–H groups in total. The average molecular weight is 240 g/mol. The molecule has 0 amide bonds. The molecule has 5 heteroatoms. The summed E-state index contributed by atoms with van der Waals surface area (Å²) in [5, 5.41) is 16.9. The van der Waals surface area contributed by atoms with Crippen LogP contribution in [0.1, 0.15) is 32.1 Å². The highest BCUT2D eigenvalue weighted by Crippen LogP contribution is 2.14. The SMILES string of the molecule is N#CCCCN1CCC(OCCC(=O)O)CC1. The minimum atomic E-state index is -0.807. The number of aliphatic carboxylic acids is 1. The number of piperidine rings is 1. The Morgan fingerprint density at radius 1 is 1.47 bits per heavy atom. The van der Waals surface area contributed by atoms with E-state index in [0.717, 1.165) is 38.9 Å². The highest BCUT2D eigenvalue weighted by atomic mass is 16.5. The number of rotatable bonds is 7. The van der Waals surface area contributed by atoms with Gasteiger partial charge in [-0.2, -0.15) is 5.26 Å². The zero-order valence-corrected chi connectivity index (χ0v) is 10.1. The normalized spacial score (nSPS) is 17.8. The van der Waals surface area contributed by atoms with Crippen molar-refractivity contribution in [2.45, 2.75) is 38.2 Å². The monoisotopic (exact) mass is 240 g/mol. The van der Waals surface area contributed by atoms with E-state index >= 15 is 0 Å². The number of ether oxygens (including phenoxy) is 1. The summed E-state index contributed by atoms with van der Waals surface area (Å²) in [4.78, 5) is 12.7. The Hall–Kier alpha value is -1.12. The van der Waals surface area contributed by atoms with Crippen molar-refractivity contribution in [1.29, 1.82) is 5.26 Å². The third kappa shape index (κ3) is 6.25. The average Bonchev–Trinajstić information content (AvgIpc) is 2.31. The summed E-state index contributed by atoms with van der Waals surface area (Å²) in [6.45, 7) is 3.27. The molecule has 1 aliphatic heterocycles. The van der Waals surface area contributed by atoms with Crippen molar-refractivity contribution in [2.24, 2.45) is 0 Å². The predicted octanol–water partition coefficient (Wildman–Crippen LogP) is 1.25. The molecule has 1 aliphatic rings. The lowest BCUT2D eigenvalue weighted by molar-refractivity contribution is -0.138. The van der Waals surface area contributed by atoms with E-state index < -0.39 is 5.97 Å². The van der Waals surface area contributed by atoms with Gasteiger partial charge in [-0.25, -0.2) is 0 Å². The van der Waals surface area contributed by atoms with E-state index in [-0.39, 0.29) is 12.5 Å². The van der Waals surface area contributed by atoms with Crippen molar-refractivity contribution in [3.05, 3.63) is 0 Å². The van der Waals surface area contributed by atoms with Crippen molar-refractivity contribution in [3.63, 3.8) is 0 Å². The largest absolute Gasteiger partial charge is 0.481 e. The van der Waals surface area contributed by atoms with Crippen LogP contribution in [0.4, 0.5) is 0 Å². The fraction of sp³-hybridized carbons (Fsp3) is 0.833. The Morgan fingerprint density at radius 3 is 2.76 bits per heavy atom. The predicted molar refractivity (Wildman–Crippen MR) is 62.5 cm³/mol. The van der Waals surface area contributed by atoms with Gasteiger partial charge in [0.15, 0.2) is 0 Å². The van der Waals surface area contributed by atoms with Gasteiger partial charge in [0.2, 0.25) is 0 Å². The lowest BCUT2D eigenvalue weighted by Gasteiger charge is -2.31. The molecular formula is C12H20N2O3. The molecule has 1 saturated heterocycles. The first-order valence-electron chi connectivity index (χ1n) is 6.15. The topological polar surface area (TPSA) is 73.6 Å². The first-order chi connectivity index (χ1) is 8.22. The fourth-order valence-electron chi connectivity index (χ4n) is 1.99. The maximum atomic E-state index is 10.3. The second-order valence-electron chi connectivity index (χ2n) is 4.32. The summed E-state index contributed by atoms with van der Waals surface area (Å²) in [5.41, 5.74) is 0. The molecule has 5 nitrogen and oxygen atoms in total. The molecule has 0 radical (unpaired) electrons. The summed E-state index contributed by atoms with van der Waals surface area (Å²) in [6, 6.07) is 2.15. The van der Waals surface area contributed by atoms with Gasteiger partial charge in [0.25, 0.3) is 0 Å². The Morgan fingerprint density at radius 2 is 2.18 bits per heavy atom. The van der Waals surface area contributed by atoms with E-state index in [1.165, 1.54) is 0 Å². The van der Waals surface area contributed by atoms with Gasteiger partial charge in [0, 0.05) is 19.5 Å². The summed E-state index contributed by atoms with van der Waals surface area (Å²) in [5.74, 6) is -0.807. The van der Waals surface area contributed by atoms with Crippen LogP contribution in [0.25, 0.3) is 0 Å². The van der Waals surface area contributed by atoms with E-state index in [1.807, 2.05) is 0 Å². The molecule has 0 bridgehead atoms. The number of unbranched alkanes of at least 4 members (excludes halogenated alkanes) is 1. The van der Waals surface area contributed by atoms with Crippen LogP contribution in [-0.4, -0.2) is 48.3 Å². The minimum Gasteiger partial charge on any atom is -0.481 e. The number of likely N-dealkylation sites (tertiary alicyclic amines) is 1. The zero-order chi connectivity index (χ0) is 12.5. The Balaban J connectivity index is 2.05. The van der Waals surface area contributed by atoms with Gasteiger partial charge in [-0.05, 0) is 25.8 Å². The molecule has 0 unspecified atom stereocenters. The maximum absolute atomic E-state index is 10.3. The molecule has 1 fully saturated rings. The molecule has 96 valence electrons. The van der Waals surface area contributed by atoms with E-state index in [9.17, 15) is 4.79 Å². The lowest BCUT2D eigenvalue weighted by atomic mass is 10.1. The molecule has 0 saturated carbocycles. The van der Waals surface area contributed by atoms with Crippen LogP contribution >= 0.6 is 0 Å². The van der Waals surface area contributed by atoms with Gasteiger partial charge in [0.1, 0.15) is 0 Å². The summed E-state index contributed by atoms with van der Waals surface area (Å²) in [6.07, 6.45) is 3.78. The molecule has 0 aromatic rings. The highest BCUT2D eigenvalue weighted by molar-refractivity contribution is 5.66. The van der Waals surface area contributed by atoms with Crippen LogP contribution < -0.4 is 0 Å². The Labute approximate surface area is 102 Å². The van der Waals surface area contributed by atoms with Crippen LogP contribution in [0.15, 0.2) is 0 Å². The molecule has 0 spiro atoms. The van der Waals surface area contributed by atoms with Crippen molar-refractivity contribution in [3.8, 4) is 6.07 Å². The van der Waals surface area contributed by atoms with Crippen molar-refractivity contribution in [1.82, 2.24) is 4.90 Å². The van der Waals surface area contributed by atoms with Crippen LogP contribution in [0.3, 0.4) is 0 Å². The molecule has 1 rings (SSSR count). The molecule has 0 atom stereocenters. The zero-order valence-electron chi connectivity index (χ0n) is 10.1. The quantitative estimate of drug-likeness (QED) is 0.678.